The first-order chi connectivity index (χ1) is 5.84. The maximum atomic E-state index is 10.5. The zero-order valence-corrected chi connectivity index (χ0v) is 7.41. The number of hydrogen-bond donors (Lipinski definition) is 5. The Labute approximate surface area is 73.7 Å². The molecule has 0 aromatic carbocycles. The third kappa shape index (κ3) is 2.26. The van der Waals surface area contributed by atoms with Gasteiger partial charge in [-0.15, -0.1) is 0 Å². The first-order valence-electron chi connectivity index (χ1n) is 3.55. The van der Waals surface area contributed by atoms with Crippen molar-refractivity contribution in [2.75, 3.05) is 6.61 Å². The molecular formula is C5H11O7P. The van der Waals surface area contributed by atoms with Gasteiger partial charge in [0.2, 0.25) is 0 Å². The summed E-state index contributed by atoms with van der Waals surface area (Å²) in [5.41, 5.74) is 0. The molecule has 0 spiro atoms. The second-order valence-corrected chi connectivity index (χ2v) is 4.57. The predicted octanol–water partition coefficient (Wildman–Crippen LogP) is -2.40. The smallest absolute Gasteiger partial charge is 0.356 e. The molecular weight excluding hydrogens is 203 g/mol. The van der Waals surface area contributed by atoms with Gasteiger partial charge in [-0.1, -0.05) is 0 Å². The van der Waals surface area contributed by atoms with Gasteiger partial charge in [-0.05, 0) is 0 Å². The molecule has 1 aliphatic rings. The molecule has 0 saturated carbocycles. The Hall–Kier alpha value is -0.0100. The van der Waals surface area contributed by atoms with Crippen molar-refractivity contribution in [2.24, 2.45) is 0 Å². The molecule has 0 aliphatic carbocycles. The molecule has 1 heterocycles. The van der Waals surface area contributed by atoms with E-state index in [0.29, 0.717) is 0 Å². The standard InChI is InChI=1S/C5H11O7P/c6-2-1-12-4(3(2)7)5(8)13(9,10)11/h2-8H,1H2,(H2,9,10,11)/t2-,3-,4-,5?/m1/s1. The van der Waals surface area contributed by atoms with Crippen molar-refractivity contribution < 1.29 is 34.4 Å². The SMILES string of the molecule is O=P(O)(O)C(O)[C@@H]1OC[C@@H](O)[C@H]1O. The Balaban J connectivity index is 2.69. The minimum Gasteiger partial charge on any atom is -0.388 e. The van der Waals surface area contributed by atoms with Gasteiger partial charge in [-0.3, -0.25) is 4.57 Å². The van der Waals surface area contributed by atoms with E-state index in [1.807, 2.05) is 0 Å². The molecule has 0 aromatic rings. The Morgan fingerprint density at radius 2 is 1.92 bits per heavy atom. The van der Waals surface area contributed by atoms with E-state index in [0.717, 1.165) is 0 Å². The van der Waals surface area contributed by atoms with Crippen LogP contribution >= 0.6 is 7.60 Å². The molecule has 0 radical (unpaired) electrons. The molecule has 1 saturated heterocycles. The van der Waals surface area contributed by atoms with Crippen LogP contribution in [0, 0.1) is 0 Å². The van der Waals surface area contributed by atoms with Crippen LogP contribution in [0.3, 0.4) is 0 Å². The van der Waals surface area contributed by atoms with Gasteiger partial charge in [-0.25, -0.2) is 0 Å². The van der Waals surface area contributed by atoms with Gasteiger partial charge in [0.25, 0.3) is 0 Å². The molecule has 0 bridgehead atoms. The van der Waals surface area contributed by atoms with Crippen LogP contribution in [0.4, 0.5) is 0 Å². The molecule has 4 atom stereocenters. The minimum absolute atomic E-state index is 0.247. The topological polar surface area (TPSA) is 127 Å². The zero-order chi connectivity index (χ0) is 10.2. The summed E-state index contributed by atoms with van der Waals surface area (Å²) in [6, 6.07) is 0. The molecule has 13 heavy (non-hydrogen) atoms. The van der Waals surface area contributed by atoms with Crippen LogP contribution < -0.4 is 0 Å². The van der Waals surface area contributed by atoms with E-state index in [2.05, 4.69) is 4.74 Å². The first kappa shape index (κ1) is 11.1. The largest absolute Gasteiger partial charge is 0.388 e. The molecule has 1 aliphatic heterocycles. The van der Waals surface area contributed by atoms with E-state index < -0.39 is 31.8 Å². The third-order valence-corrected chi connectivity index (χ3v) is 2.81. The molecule has 1 rings (SSSR count). The van der Waals surface area contributed by atoms with Crippen molar-refractivity contribution in [2.45, 2.75) is 24.2 Å². The van der Waals surface area contributed by atoms with Crippen LogP contribution in [0.1, 0.15) is 0 Å². The summed E-state index contributed by atoms with van der Waals surface area (Å²) in [5, 5.41) is 27.1. The lowest BCUT2D eigenvalue weighted by atomic mass is 10.2. The van der Waals surface area contributed by atoms with Crippen LogP contribution in [0.5, 0.6) is 0 Å². The van der Waals surface area contributed by atoms with Crippen LogP contribution in [-0.4, -0.2) is 55.9 Å². The summed E-state index contributed by atoms with van der Waals surface area (Å²) in [6.45, 7) is -0.247. The van der Waals surface area contributed by atoms with Gasteiger partial charge >= 0.3 is 7.60 Å². The molecule has 8 heteroatoms. The van der Waals surface area contributed by atoms with Crippen LogP contribution in [0.15, 0.2) is 0 Å². The van der Waals surface area contributed by atoms with Gasteiger partial charge in [0.05, 0.1) is 6.61 Å². The Kier molecular flexibility index (Phi) is 3.09. The number of ether oxygens (including phenoxy) is 1. The second kappa shape index (κ2) is 3.62. The molecule has 0 aromatic heterocycles. The van der Waals surface area contributed by atoms with Gasteiger partial charge in [0, 0.05) is 0 Å². The van der Waals surface area contributed by atoms with E-state index >= 15 is 0 Å². The highest BCUT2D eigenvalue weighted by Crippen LogP contribution is 2.43. The second-order valence-electron chi connectivity index (χ2n) is 2.86. The van der Waals surface area contributed by atoms with Crippen LogP contribution in [0.2, 0.25) is 0 Å². The lowest BCUT2D eigenvalue weighted by Gasteiger charge is -2.21. The quantitative estimate of drug-likeness (QED) is 0.324. The van der Waals surface area contributed by atoms with E-state index in [1.165, 1.54) is 0 Å². The molecule has 0 amide bonds. The maximum Gasteiger partial charge on any atom is 0.356 e. The van der Waals surface area contributed by atoms with Gasteiger partial charge < -0.3 is 29.8 Å². The minimum atomic E-state index is -4.71. The summed E-state index contributed by atoms with van der Waals surface area (Å²) < 4.78 is 15.2. The van der Waals surface area contributed by atoms with Crippen molar-refractivity contribution in [3.63, 3.8) is 0 Å². The number of hydrogen-bond acceptors (Lipinski definition) is 5. The van der Waals surface area contributed by atoms with Gasteiger partial charge in [0.1, 0.15) is 18.3 Å². The summed E-state index contributed by atoms with van der Waals surface area (Å²) in [4.78, 5) is 17.1. The highest BCUT2D eigenvalue weighted by Gasteiger charge is 2.46. The first-order valence-corrected chi connectivity index (χ1v) is 5.23. The van der Waals surface area contributed by atoms with Crippen LogP contribution in [-0.2, 0) is 9.30 Å². The Morgan fingerprint density at radius 3 is 2.23 bits per heavy atom. The van der Waals surface area contributed by atoms with E-state index in [9.17, 15) is 4.57 Å². The van der Waals surface area contributed by atoms with Crippen molar-refractivity contribution in [1.29, 1.82) is 0 Å². The summed E-state index contributed by atoms with van der Waals surface area (Å²) in [6.07, 6.45) is -4.12. The summed E-state index contributed by atoms with van der Waals surface area (Å²) >= 11 is 0. The third-order valence-electron chi connectivity index (χ3n) is 1.83. The fraction of sp³-hybridized carbons (Fsp3) is 1.00. The normalized spacial score (nSPS) is 37.8. The summed E-state index contributed by atoms with van der Waals surface area (Å²) in [5.74, 6) is -2.10. The van der Waals surface area contributed by atoms with E-state index in [1.54, 1.807) is 0 Å². The van der Waals surface area contributed by atoms with Crippen LogP contribution in [0.25, 0.3) is 0 Å². The summed E-state index contributed by atoms with van der Waals surface area (Å²) in [7, 11) is -4.71. The molecule has 78 valence electrons. The number of aliphatic hydroxyl groups is 3. The average molecular weight is 214 g/mol. The number of aliphatic hydroxyl groups excluding tert-OH is 3. The number of rotatable bonds is 2. The van der Waals surface area contributed by atoms with E-state index in [4.69, 9.17) is 25.1 Å². The van der Waals surface area contributed by atoms with Gasteiger partial charge in [0.15, 0.2) is 5.85 Å². The van der Waals surface area contributed by atoms with Crippen molar-refractivity contribution in [1.82, 2.24) is 0 Å². The maximum absolute atomic E-state index is 10.5. The van der Waals surface area contributed by atoms with Gasteiger partial charge in [-0.2, -0.15) is 0 Å². The predicted molar refractivity (Wildman–Crippen MR) is 39.8 cm³/mol. The fourth-order valence-corrected chi connectivity index (χ4v) is 1.72. The van der Waals surface area contributed by atoms with Crippen molar-refractivity contribution >= 4 is 7.60 Å². The fourth-order valence-electron chi connectivity index (χ4n) is 1.08. The molecule has 5 N–H and O–H groups in total. The lowest BCUT2D eigenvalue weighted by Crippen LogP contribution is -2.38. The Morgan fingerprint density at radius 1 is 1.38 bits per heavy atom. The highest BCUT2D eigenvalue weighted by molar-refractivity contribution is 7.52. The Bertz CT molecular complexity index is 225. The monoisotopic (exact) mass is 214 g/mol. The molecule has 7 nitrogen and oxygen atoms in total. The average Bonchev–Trinajstić information content (AvgIpc) is 2.30. The zero-order valence-electron chi connectivity index (χ0n) is 6.52. The molecule has 1 fully saturated rings. The van der Waals surface area contributed by atoms with Crippen molar-refractivity contribution in [3.05, 3.63) is 0 Å². The molecule has 1 unspecified atom stereocenters. The highest BCUT2D eigenvalue weighted by atomic mass is 31.2. The van der Waals surface area contributed by atoms with E-state index in [-0.39, 0.29) is 6.61 Å². The van der Waals surface area contributed by atoms with Crippen molar-refractivity contribution in [3.8, 4) is 0 Å². The lowest BCUT2D eigenvalue weighted by molar-refractivity contribution is -0.0285.